The Morgan fingerprint density at radius 1 is 1.03 bits per heavy atom. The van der Waals surface area contributed by atoms with Crippen molar-refractivity contribution in [3.05, 3.63) is 83.9 Å². The minimum Gasteiger partial charge on any atom is -0.480 e. The van der Waals surface area contributed by atoms with E-state index in [0.717, 1.165) is 32.7 Å². The number of amides is 1. The normalized spacial score (nSPS) is 13.2. The fourth-order valence-electron chi connectivity index (χ4n) is 4.07. The number of carboxylic acid groups (broad SMARTS) is 1. The predicted octanol–water partition coefficient (Wildman–Crippen LogP) is 3.74. The van der Waals surface area contributed by atoms with Crippen LogP contribution in [-0.4, -0.2) is 51.7 Å². The van der Waals surface area contributed by atoms with E-state index in [2.05, 4.69) is 22.1 Å². The molecule has 1 N–H and O–H groups in total. The summed E-state index contributed by atoms with van der Waals surface area (Å²) in [5.41, 5.74) is 5.31. The van der Waals surface area contributed by atoms with Crippen LogP contribution in [0.25, 0.3) is 11.1 Å². The van der Waals surface area contributed by atoms with Gasteiger partial charge in [-0.25, -0.2) is 19.6 Å². The number of rotatable bonds is 7. The van der Waals surface area contributed by atoms with Gasteiger partial charge in [0.05, 0.1) is 0 Å². The Kier molecular flexibility index (Phi) is 5.93. The van der Waals surface area contributed by atoms with Crippen molar-refractivity contribution in [2.45, 2.75) is 24.8 Å². The molecule has 1 aliphatic carbocycles. The molecule has 1 unspecified atom stereocenters. The van der Waals surface area contributed by atoms with E-state index in [4.69, 9.17) is 4.74 Å². The lowest BCUT2D eigenvalue weighted by Crippen LogP contribution is -2.43. The summed E-state index contributed by atoms with van der Waals surface area (Å²) in [7, 11) is 1.46. The smallest absolute Gasteiger partial charge is 0.410 e. The summed E-state index contributed by atoms with van der Waals surface area (Å²) in [6.07, 6.45) is 4.72. The van der Waals surface area contributed by atoms with Gasteiger partial charge in [-0.05, 0) is 40.7 Å². The number of benzene rings is 2. The lowest BCUT2D eigenvalue weighted by atomic mass is 9.98. The van der Waals surface area contributed by atoms with E-state index in [1.54, 1.807) is 12.4 Å². The quantitative estimate of drug-likeness (QED) is 0.630. The van der Waals surface area contributed by atoms with E-state index in [-0.39, 0.29) is 18.9 Å². The maximum absolute atomic E-state index is 12.7. The first-order valence-electron chi connectivity index (χ1n) is 10.1. The number of aryl methyl sites for hydroxylation is 1. The van der Waals surface area contributed by atoms with E-state index in [1.807, 2.05) is 36.4 Å². The number of nitrogens with zero attached hydrogens (tertiary/aromatic N) is 3. The van der Waals surface area contributed by atoms with Gasteiger partial charge in [-0.15, -0.1) is 0 Å². The van der Waals surface area contributed by atoms with Crippen LogP contribution in [-0.2, 0) is 16.0 Å². The van der Waals surface area contributed by atoms with E-state index in [0.29, 0.717) is 6.42 Å². The largest absolute Gasteiger partial charge is 0.480 e. The van der Waals surface area contributed by atoms with Gasteiger partial charge in [0.15, 0.2) is 0 Å². The van der Waals surface area contributed by atoms with Crippen LogP contribution < -0.4 is 0 Å². The van der Waals surface area contributed by atoms with Crippen LogP contribution in [0.3, 0.4) is 0 Å². The second-order valence-corrected chi connectivity index (χ2v) is 7.55. The number of carboxylic acids is 1. The van der Waals surface area contributed by atoms with Crippen LogP contribution in [0.4, 0.5) is 4.79 Å². The predicted molar refractivity (Wildman–Crippen MR) is 115 cm³/mol. The van der Waals surface area contributed by atoms with Crippen molar-refractivity contribution in [1.82, 2.24) is 14.9 Å². The fraction of sp³-hybridized carbons (Fsp3) is 0.250. The highest BCUT2D eigenvalue weighted by atomic mass is 16.6. The molecule has 2 aromatic carbocycles. The SMILES string of the molecule is CN(C(=O)OCC1c2ccccc2-c2ccccc21)C(CCc1cncnc1)C(=O)O. The second kappa shape index (κ2) is 8.95. The van der Waals surface area contributed by atoms with Crippen LogP contribution in [0.2, 0.25) is 0 Å². The number of fused-ring (bicyclic) bond motifs is 3. The highest BCUT2D eigenvalue weighted by Crippen LogP contribution is 2.44. The molecule has 7 nitrogen and oxygen atoms in total. The van der Waals surface area contributed by atoms with Gasteiger partial charge < -0.3 is 9.84 Å². The maximum atomic E-state index is 12.7. The topological polar surface area (TPSA) is 92.6 Å². The third kappa shape index (κ3) is 4.26. The second-order valence-electron chi connectivity index (χ2n) is 7.55. The van der Waals surface area contributed by atoms with Crippen molar-refractivity contribution in [2.24, 2.45) is 0 Å². The zero-order valence-corrected chi connectivity index (χ0v) is 17.1. The zero-order valence-electron chi connectivity index (χ0n) is 17.1. The Hall–Kier alpha value is -3.74. The van der Waals surface area contributed by atoms with Gasteiger partial charge in [-0.3, -0.25) is 4.90 Å². The van der Waals surface area contributed by atoms with Gasteiger partial charge in [-0.2, -0.15) is 0 Å². The summed E-state index contributed by atoms with van der Waals surface area (Å²) < 4.78 is 5.58. The Morgan fingerprint density at radius 3 is 2.19 bits per heavy atom. The third-order valence-electron chi connectivity index (χ3n) is 5.70. The monoisotopic (exact) mass is 417 g/mol. The van der Waals surface area contributed by atoms with Crippen LogP contribution in [0.15, 0.2) is 67.3 Å². The van der Waals surface area contributed by atoms with Gasteiger partial charge >= 0.3 is 12.1 Å². The molecule has 31 heavy (non-hydrogen) atoms. The Balaban J connectivity index is 1.43. The minimum atomic E-state index is -1.08. The molecule has 1 aliphatic rings. The van der Waals surface area contributed by atoms with Crippen LogP contribution in [0.5, 0.6) is 0 Å². The molecule has 0 saturated heterocycles. The average Bonchev–Trinajstić information content (AvgIpc) is 3.11. The molecule has 0 aliphatic heterocycles. The third-order valence-corrected chi connectivity index (χ3v) is 5.70. The molecule has 1 amide bonds. The molecule has 1 aromatic heterocycles. The van der Waals surface area contributed by atoms with Crippen molar-refractivity contribution in [2.75, 3.05) is 13.7 Å². The number of ether oxygens (including phenoxy) is 1. The van der Waals surface area contributed by atoms with Crippen LogP contribution in [0, 0.1) is 0 Å². The summed E-state index contributed by atoms with van der Waals surface area (Å²) in [5, 5.41) is 9.63. The Labute approximate surface area is 180 Å². The summed E-state index contributed by atoms with van der Waals surface area (Å²) >= 11 is 0. The van der Waals surface area contributed by atoms with Crippen molar-refractivity contribution in [1.29, 1.82) is 0 Å². The Bertz CT molecular complexity index is 1040. The van der Waals surface area contributed by atoms with Gasteiger partial charge in [-0.1, -0.05) is 48.5 Å². The summed E-state index contributed by atoms with van der Waals surface area (Å²) in [6, 6.07) is 15.1. The highest BCUT2D eigenvalue weighted by molar-refractivity contribution is 5.81. The fourth-order valence-corrected chi connectivity index (χ4v) is 4.07. The molecule has 1 heterocycles. The number of hydrogen-bond acceptors (Lipinski definition) is 5. The number of carbonyl (C=O) groups excluding carboxylic acids is 1. The number of hydrogen-bond donors (Lipinski definition) is 1. The molecule has 4 rings (SSSR count). The van der Waals surface area contributed by atoms with Gasteiger partial charge in [0, 0.05) is 25.4 Å². The number of likely N-dealkylation sites (N-methyl/N-ethyl adjacent to an activating group) is 1. The molecule has 1 atom stereocenters. The van der Waals surface area contributed by atoms with E-state index in [9.17, 15) is 14.7 Å². The molecule has 0 radical (unpaired) electrons. The molecule has 0 bridgehead atoms. The molecule has 0 saturated carbocycles. The minimum absolute atomic E-state index is 0.0745. The molecular formula is C24H23N3O4. The van der Waals surface area contributed by atoms with Gasteiger partial charge in [0.2, 0.25) is 0 Å². The molecule has 7 heteroatoms. The van der Waals surface area contributed by atoms with Crippen molar-refractivity contribution >= 4 is 12.1 Å². The summed E-state index contributed by atoms with van der Waals surface area (Å²) in [6.45, 7) is 0.149. The van der Waals surface area contributed by atoms with E-state index >= 15 is 0 Å². The highest BCUT2D eigenvalue weighted by Gasteiger charge is 2.31. The van der Waals surface area contributed by atoms with Gasteiger partial charge in [0.25, 0.3) is 0 Å². The van der Waals surface area contributed by atoms with Crippen LogP contribution >= 0.6 is 0 Å². The Morgan fingerprint density at radius 2 is 1.61 bits per heavy atom. The first-order valence-corrected chi connectivity index (χ1v) is 10.1. The first kappa shape index (κ1) is 20.5. The van der Waals surface area contributed by atoms with E-state index in [1.165, 1.54) is 13.4 Å². The molecule has 0 spiro atoms. The first-order chi connectivity index (χ1) is 15.1. The molecule has 158 valence electrons. The summed E-state index contributed by atoms with van der Waals surface area (Å²) in [5.74, 6) is -1.15. The van der Waals surface area contributed by atoms with E-state index < -0.39 is 18.1 Å². The number of aliphatic carboxylic acids is 1. The number of aromatic nitrogens is 2. The average molecular weight is 417 g/mol. The van der Waals surface area contributed by atoms with Gasteiger partial charge in [0.1, 0.15) is 19.0 Å². The van der Waals surface area contributed by atoms with Crippen molar-refractivity contribution in [3.8, 4) is 11.1 Å². The van der Waals surface area contributed by atoms with Crippen molar-refractivity contribution < 1.29 is 19.4 Å². The maximum Gasteiger partial charge on any atom is 0.410 e. The zero-order chi connectivity index (χ0) is 21.8. The standard InChI is InChI=1S/C24H23N3O4/c1-27(22(23(28)29)11-10-16-12-25-15-26-13-16)24(30)31-14-21-19-8-4-2-6-17(19)18-7-3-5-9-20(18)21/h2-9,12-13,15,21-22H,10-11,14H2,1H3,(H,28,29). The molecule has 0 fully saturated rings. The van der Waals surface area contributed by atoms with Crippen molar-refractivity contribution in [3.63, 3.8) is 0 Å². The molecular weight excluding hydrogens is 394 g/mol. The number of carbonyl (C=O) groups is 2. The lowest BCUT2D eigenvalue weighted by Gasteiger charge is -2.25. The van der Waals surface area contributed by atoms with Crippen LogP contribution in [0.1, 0.15) is 29.0 Å². The summed E-state index contributed by atoms with van der Waals surface area (Å²) in [4.78, 5) is 33.5. The lowest BCUT2D eigenvalue weighted by molar-refractivity contribution is -0.142. The molecule has 3 aromatic rings.